The minimum atomic E-state index is -3.72. The molecule has 0 radical (unpaired) electrons. The van der Waals surface area contributed by atoms with Crippen LogP contribution in [0.3, 0.4) is 0 Å². The maximum atomic E-state index is 11.8. The van der Waals surface area contributed by atoms with Gasteiger partial charge in [0.15, 0.2) is 0 Å². The standard InChI is InChI=1S/C7H14NO6P/c1-5(9)8-6(7(10)12-2)15(11,13-3)14-4/h6H,1-4H3,(H,8,9)/i6+1,7+1,8+1. The second-order valence-electron chi connectivity index (χ2n) is 2.53. The molecule has 0 fully saturated rings. The predicted octanol–water partition coefficient (Wildman–Crippen LogP) is 0.107. The summed E-state index contributed by atoms with van der Waals surface area (Å²) in [6, 6.07) is 0. The van der Waals surface area contributed by atoms with Crippen LogP contribution in [0.15, 0.2) is 0 Å². The molecule has 88 valence electrons. The highest BCUT2D eigenvalue weighted by molar-refractivity contribution is 7.55. The van der Waals surface area contributed by atoms with Crippen molar-refractivity contribution in [1.29, 1.82) is 0 Å². The van der Waals surface area contributed by atoms with E-state index >= 15 is 0 Å². The number of nitrogens with one attached hydrogen (secondary N) is 1. The van der Waals surface area contributed by atoms with Crippen LogP contribution in [0.4, 0.5) is 0 Å². The van der Waals surface area contributed by atoms with Crippen molar-refractivity contribution in [3.63, 3.8) is 0 Å². The van der Waals surface area contributed by atoms with Crippen LogP contribution in [-0.4, -0.2) is 39.0 Å². The highest BCUT2D eigenvalue weighted by Crippen LogP contribution is 2.50. The molecule has 0 aromatic rings. The summed E-state index contributed by atoms with van der Waals surface area (Å²) < 4.78 is 25.4. The number of rotatable bonds is 5. The molecule has 1 atom stereocenters. The zero-order chi connectivity index (χ0) is 12.1. The lowest BCUT2D eigenvalue weighted by molar-refractivity contribution is -0.142. The zero-order valence-electron chi connectivity index (χ0n) is 8.97. The van der Waals surface area contributed by atoms with Crippen molar-refractivity contribution in [2.24, 2.45) is 0 Å². The molecule has 8 heteroatoms. The van der Waals surface area contributed by atoms with Gasteiger partial charge in [0.05, 0.1) is 7.11 Å². The van der Waals surface area contributed by atoms with Crippen molar-refractivity contribution in [3.05, 3.63) is 0 Å². The molecule has 1 amide bonds. The van der Waals surface area contributed by atoms with Crippen LogP contribution in [0.5, 0.6) is 0 Å². The molecule has 1 N–H and O–H groups in total. The molecule has 0 bridgehead atoms. The van der Waals surface area contributed by atoms with Crippen molar-refractivity contribution in [3.8, 4) is 0 Å². The molecule has 0 aliphatic rings. The zero-order valence-corrected chi connectivity index (χ0v) is 9.87. The summed E-state index contributed by atoms with van der Waals surface area (Å²) in [5, 5.41) is 2.15. The molecule has 0 aliphatic heterocycles. The molecule has 0 aliphatic carbocycles. The second kappa shape index (κ2) is 5.85. The molecule has 0 saturated carbocycles. The molecule has 15 heavy (non-hydrogen) atoms. The maximum absolute atomic E-state index is 11.8. The van der Waals surface area contributed by atoms with Crippen LogP contribution in [-0.2, 0) is 27.9 Å². The Morgan fingerprint density at radius 3 is 1.93 bits per heavy atom. The van der Waals surface area contributed by atoms with E-state index in [0.29, 0.717) is 0 Å². The Morgan fingerprint density at radius 1 is 1.20 bits per heavy atom. The van der Waals surface area contributed by atoms with Crippen molar-refractivity contribution < 1.29 is 27.9 Å². The lowest BCUT2D eigenvalue weighted by atomic mass is 10.8. The van der Waals surface area contributed by atoms with E-state index in [1.807, 2.05) is 0 Å². The Hall–Kier alpha value is -0.910. The van der Waals surface area contributed by atoms with E-state index in [4.69, 9.17) is 0 Å². The van der Waals surface area contributed by atoms with E-state index in [1.165, 1.54) is 6.92 Å². The number of hydrogen-bond acceptors (Lipinski definition) is 6. The monoisotopic (exact) mass is 242 g/mol. The van der Waals surface area contributed by atoms with Crippen LogP contribution >= 0.6 is 7.60 Å². The van der Waals surface area contributed by atoms with E-state index in [9.17, 15) is 14.2 Å². The first-order valence-electron chi connectivity index (χ1n) is 3.97. The van der Waals surface area contributed by atoms with E-state index in [-0.39, 0.29) is 0 Å². The third kappa shape index (κ3) is 3.62. The highest BCUT2D eigenvalue weighted by Gasteiger charge is 2.41. The fourth-order valence-electron chi connectivity index (χ4n) is 0.857. The van der Waals surface area contributed by atoms with Gasteiger partial charge in [0, 0.05) is 21.1 Å². The lowest BCUT2D eigenvalue weighted by Crippen LogP contribution is -2.40. The number of carbonyl (C=O) groups excluding carboxylic acids is 2. The fourth-order valence-corrected chi connectivity index (χ4v) is 2.13. The number of ether oxygens (including phenoxy) is 1. The topological polar surface area (TPSA) is 90.9 Å². The van der Waals surface area contributed by atoms with Crippen molar-refractivity contribution >= 4 is 19.5 Å². The molecule has 0 aromatic carbocycles. The first-order chi connectivity index (χ1) is 6.91. The van der Waals surface area contributed by atoms with Gasteiger partial charge in [-0.3, -0.25) is 9.36 Å². The average molecular weight is 242 g/mol. The van der Waals surface area contributed by atoms with Gasteiger partial charge in [-0.15, -0.1) is 0 Å². The van der Waals surface area contributed by atoms with E-state index < -0.39 is 25.3 Å². The van der Waals surface area contributed by atoms with Crippen molar-refractivity contribution in [2.45, 2.75) is 12.7 Å². The molecule has 0 spiro atoms. The number of hydrogen-bond donors (Lipinski definition) is 1. The summed E-state index contributed by atoms with van der Waals surface area (Å²) in [6.45, 7) is 1.17. The summed E-state index contributed by atoms with van der Waals surface area (Å²) >= 11 is 0. The summed E-state index contributed by atoms with van der Waals surface area (Å²) in [6.07, 6.45) is 0. The number of esters is 1. The van der Waals surface area contributed by atoms with E-state index in [0.717, 1.165) is 21.3 Å². The van der Waals surface area contributed by atoms with Gasteiger partial charge in [0.1, 0.15) is 0 Å². The SMILES string of the molecule is CO[13C](=O)[13CH]([15NH]C(C)=O)P(=O)(OC)OC. The normalized spacial score (nSPS) is 13.1. The van der Waals surface area contributed by atoms with E-state index in [2.05, 4.69) is 19.1 Å². The fraction of sp³-hybridized carbons (Fsp3) is 0.714. The smallest absolute Gasteiger partial charge is 0.363 e. The number of carbonyl (C=O) groups is 2. The van der Waals surface area contributed by atoms with Gasteiger partial charge >= 0.3 is 13.6 Å². The van der Waals surface area contributed by atoms with Gasteiger partial charge in [-0.25, -0.2) is 4.79 Å². The number of methoxy groups -OCH3 is 1. The summed E-state index contributed by atoms with van der Waals surface area (Å²) in [4.78, 5) is 22.0. The molecule has 0 aromatic heterocycles. The van der Waals surface area contributed by atoms with Crippen LogP contribution in [0, 0.1) is 0 Å². The van der Waals surface area contributed by atoms with Gasteiger partial charge < -0.3 is 19.1 Å². The largest absolute Gasteiger partial charge is 0.467 e. The van der Waals surface area contributed by atoms with Gasteiger partial charge in [0.25, 0.3) is 0 Å². The molecular weight excluding hydrogens is 228 g/mol. The Kier molecular flexibility index (Phi) is 5.49. The van der Waals surface area contributed by atoms with Gasteiger partial charge in [-0.2, -0.15) is 0 Å². The molecule has 1 unspecified atom stereocenters. The third-order valence-electron chi connectivity index (χ3n) is 1.59. The third-order valence-corrected chi connectivity index (χ3v) is 3.58. The van der Waals surface area contributed by atoms with Crippen LogP contribution in [0.1, 0.15) is 6.92 Å². The second-order valence-corrected chi connectivity index (χ2v) is 4.86. The molecule has 0 rings (SSSR count). The molecule has 0 heterocycles. The maximum Gasteiger partial charge on any atom is 0.363 e. The Labute approximate surface area is 87.6 Å². The van der Waals surface area contributed by atoms with Gasteiger partial charge in [0.2, 0.25) is 11.7 Å². The lowest BCUT2D eigenvalue weighted by Gasteiger charge is -2.22. The highest BCUT2D eigenvalue weighted by atomic mass is 31.2. The average Bonchev–Trinajstić information content (AvgIpc) is 2.23. The van der Waals surface area contributed by atoms with Crippen molar-refractivity contribution in [1.82, 2.24) is 5.32 Å². The quantitative estimate of drug-likeness (QED) is 0.318. The molecule has 0 saturated heterocycles. The Morgan fingerprint density at radius 2 is 1.67 bits per heavy atom. The Bertz CT molecular complexity index is 283. The van der Waals surface area contributed by atoms with Crippen LogP contribution < -0.4 is 5.32 Å². The molecular formula is C7H14NO6P. The van der Waals surface area contributed by atoms with E-state index in [1.54, 1.807) is 0 Å². The van der Waals surface area contributed by atoms with Crippen LogP contribution in [0.2, 0.25) is 0 Å². The number of amides is 1. The summed E-state index contributed by atoms with van der Waals surface area (Å²) in [5.41, 5.74) is 0. The van der Waals surface area contributed by atoms with Gasteiger partial charge in [-0.1, -0.05) is 0 Å². The minimum absolute atomic E-state index is 0.542. The first-order valence-corrected chi connectivity index (χ1v) is 5.58. The summed E-state index contributed by atoms with van der Waals surface area (Å²) in [5.74, 6) is -2.88. The van der Waals surface area contributed by atoms with Gasteiger partial charge in [-0.05, 0) is 0 Å². The first kappa shape index (κ1) is 14.1. The Balaban J connectivity index is 4.99. The van der Waals surface area contributed by atoms with Crippen LogP contribution in [0.25, 0.3) is 0 Å². The van der Waals surface area contributed by atoms with Crippen molar-refractivity contribution in [2.75, 3.05) is 21.3 Å². The summed E-state index contributed by atoms with van der Waals surface area (Å²) in [7, 11) is -0.394. The minimum Gasteiger partial charge on any atom is -0.467 e. The predicted molar refractivity (Wildman–Crippen MR) is 51.2 cm³/mol. The molecule has 7 nitrogen and oxygen atoms in total.